The van der Waals surface area contributed by atoms with Crippen molar-refractivity contribution in [3.05, 3.63) is 0 Å². The van der Waals surface area contributed by atoms with Gasteiger partial charge in [-0.05, 0) is 58.3 Å². The molecule has 4 nitrogen and oxygen atoms in total. The van der Waals surface area contributed by atoms with Gasteiger partial charge in [0.25, 0.3) is 0 Å². The van der Waals surface area contributed by atoms with Crippen molar-refractivity contribution in [2.45, 2.75) is 78.0 Å². The van der Waals surface area contributed by atoms with Gasteiger partial charge in [0.15, 0.2) is 0 Å². The fraction of sp³-hybridized carbons (Fsp3) is 0.941. The van der Waals surface area contributed by atoms with E-state index in [9.17, 15) is 18.1 Å². The molecule has 0 heterocycles. The van der Waals surface area contributed by atoms with Crippen molar-refractivity contribution in [2.24, 2.45) is 17.3 Å². The molecule has 1 unspecified atom stereocenters. The summed E-state index contributed by atoms with van der Waals surface area (Å²) in [6.07, 6.45) is 0.559. The second-order valence-electron chi connectivity index (χ2n) is 8.80. The first kappa shape index (κ1) is 21.6. The van der Waals surface area contributed by atoms with Crippen LogP contribution in [-0.2, 0) is 20.9 Å². The van der Waals surface area contributed by atoms with E-state index in [1.165, 1.54) is 13.8 Å². The third kappa shape index (κ3) is 4.22. The zero-order valence-electron chi connectivity index (χ0n) is 16.0. The predicted octanol–water partition coefficient (Wildman–Crippen LogP) is 3.68. The van der Waals surface area contributed by atoms with Crippen LogP contribution in [0.25, 0.3) is 0 Å². The highest BCUT2D eigenvalue weighted by molar-refractivity contribution is 7.90. The van der Waals surface area contributed by atoms with Crippen LogP contribution in [0.15, 0.2) is 0 Å². The lowest BCUT2D eigenvalue weighted by atomic mass is 9.81. The Morgan fingerprint density at radius 1 is 1.17 bits per heavy atom. The summed E-state index contributed by atoms with van der Waals surface area (Å²) in [4.78, 5) is 11.9. The first-order valence-electron chi connectivity index (χ1n) is 8.33. The molecule has 1 aliphatic rings. The molecule has 1 rings (SSSR count). The summed E-state index contributed by atoms with van der Waals surface area (Å²) in [5.41, 5.74) is -2.09. The highest BCUT2D eigenvalue weighted by Gasteiger charge is 2.70. The maximum atomic E-state index is 15.0. The molecule has 0 aromatic heterocycles. The first-order chi connectivity index (χ1) is 10.6. The molecule has 0 bridgehead atoms. The number of rotatable bonds is 6. The lowest BCUT2D eigenvalue weighted by molar-refractivity contribution is -0.185. The molecular formula is C17H31F2NO3S. The molecule has 142 valence electrons. The van der Waals surface area contributed by atoms with Crippen LogP contribution >= 0.6 is 0 Å². The average Bonchev–Trinajstić information content (AvgIpc) is 3.17. The van der Waals surface area contributed by atoms with E-state index in [-0.39, 0.29) is 17.9 Å². The number of halogens is 2. The van der Waals surface area contributed by atoms with Gasteiger partial charge >= 0.3 is 11.9 Å². The maximum absolute atomic E-state index is 15.0. The summed E-state index contributed by atoms with van der Waals surface area (Å²) in [7, 11) is 0. The van der Waals surface area contributed by atoms with Gasteiger partial charge < -0.3 is 9.29 Å². The fourth-order valence-corrected chi connectivity index (χ4v) is 3.91. The second kappa shape index (κ2) is 6.72. The van der Waals surface area contributed by atoms with Gasteiger partial charge in [0.2, 0.25) is 0 Å². The van der Waals surface area contributed by atoms with Crippen molar-refractivity contribution in [3.63, 3.8) is 0 Å². The van der Waals surface area contributed by atoms with E-state index in [1.54, 1.807) is 20.8 Å². The summed E-state index contributed by atoms with van der Waals surface area (Å²) in [6.45, 7) is 13.7. The Bertz CT molecular complexity index is 473. The van der Waals surface area contributed by atoms with E-state index >= 15 is 0 Å². The van der Waals surface area contributed by atoms with E-state index in [4.69, 9.17) is 0 Å². The summed E-state index contributed by atoms with van der Waals surface area (Å²) in [5.74, 6) is -5.77. The molecule has 0 aliphatic heterocycles. The van der Waals surface area contributed by atoms with Gasteiger partial charge in [-0.1, -0.05) is 20.8 Å². The van der Waals surface area contributed by atoms with Gasteiger partial charge in [-0.2, -0.15) is 8.78 Å². The molecule has 0 radical (unpaired) electrons. The topological polar surface area (TPSA) is 61.4 Å². The number of ether oxygens (including phenoxy) is 1. The number of esters is 1. The lowest BCUT2D eigenvalue weighted by Gasteiger charge is -2.39. The van der Waals surface area contributed by atoms with Crippen LogP contribution in [0, 0.1) is 17.3 Å². The molecule has 1 saturated carbocycles. The molecule has 1 aliphatic carbocycles. The zero-order valence-corrected chi connectivity index (χ0v) is 16.8. The van der Waals surface area contributed by atoms with Crippen molar-refractivity contribution in [1.29, 1.82) is 0 Å². The molecule has 0 spiro atoms. The number of hydrogen-bond donors (Lipinski definition) is 1. The Hall–Kier alpha value is -0.400. The number of carbonyl (C=O) groups is 1. The van der Waals surface area contributed by atoms with Crippen LogP contribution in [-0.4, -0.2) is 33.3 Å². The third-order valence-corrected chi connectivity index (χ3v) is 6.41. The molecule has 0 aromatic carbocycles. The van der Waals surface area contributed by atoms with E-state index in [0.717, 1.165) is 0 Å². The smallest absolute Gasteiger partial charge is 0.379 e. The van der Waals surface area contributed by atoms with Crippen molar-refractivity contribution < 1.29 is 22.9 Å². The predicted molar refractivity (Wildman–Crippen MR) is 92.1 cm³/mol. The second-order valence-corrected chi connectivity index (χ2v) is 10.8. The van der Waals surface area contributed by atoms with Crippen LogP contribution < -0.4 is 4.72 Å². The van der Waals surface area contributed by atoms with Crippen LogP contribution in [0.2, 0.25) is 0 Å². The minimum Gasteiger partial charge on any atom is -0.598 e. The molecule has 0 aromatic rings. The lowest BCUT2D eigenvalue weighted by Crippen LogP contribution is -2.65. The van der Waals surface area contributed by atoms with Crippen molar-refractivity contribution in [1.82, 2.24) is 4.72 Å². The third-order valence-electron chi connectivity index (χ3n) is 4.69. The van der Waals surface area contributed by atoms with Gasteiger partial charge in [-0.25, -0.2) is 4.79 Å². The molecule has 1 N–H and O–H groups in total. The average molecular weight is 368 g/mol. The van der Waals surface area contributed by atoms with Crippen molar-refractivity contribution in [2.75, 3.05) is 6.61 Å². The largest absolute Gasteiger partial charge is 0.598 e. The SMILES string of the molecule is CCOC(=O)C(F)(F)[C@](C)(N[S+]([O-])C(C)(C)C)[C@H]1C[C@@H]1C(C)(C)C. The normalized spacial score (nSPS) is 25.8. The Kier molecular flexibility index (Phi) is 6.06. The van der Waals surface area contributed by atoms with Gasteiger partial charge in [-0.15, -0.1) is 4.72 Å². The summed E-state index contributed by atoms with van der Waals surface area (Å²) in [6, 6.07) is 0. The molecule has 0 amide bonds. The molecule has 24 heavy (non-hydrogen) atoms. The van der Waals surface area contributed by atoms with E-state index in [1.807, 2.05) is 20.8 Å². The van der Waals surface area contributed by atoms with Gasteiger partial charge in [0, 0.05) is 11.4 Å². The number of alkyl halides is 2. The monoisotopic (exact) mass is 367 g/mol. The standard InChI is InChI=1S/C17H31F2NO3S/c1-9-23-13(21)17(18,19)16(8,20-24(22)15(5,6)7)12-10-11(12)14(2,3)4/h11-12,20H,9-10H2,1-8H3/t11-,12-,16+,24?/m0/s1. The van der Waals surface area contributed by atoms with Crippen molar-refractivity contribution in [3.8, 4) is 0 Å². The molecular weight excluding hydrogens is 336 g/mol. The van der Waals surface area contributed by atoms with E-state index in [0.29, 0.717) is 6.42 Å². The summed E-state index contributed by atoms with van der Waals surface area (Å²) >= 11 is -1.73. The van der Waals surface area contributed by atoms with Crippen LogP contribution in [0.1, 0.15) is 61.8 Å². The molecule has 7 heteroatoms. The Balaban J connectivity index is 3.20. The van der Waals surface area contributed by atoms with E-state index < -0.39 is 39.5 Å². The summed E-state index contributed by atoms with van der Waals surface area (Å²) in [5, 5.41) is 0. The highest BCUT2D eigenvalue weighted by atomic mass is 32.2. The fourth-order valence-electron chi connectivity index (χ4n) is 2.94. The summed E-state index contributed by atoms with van der Waals surface area (Å²) < 4.78 is 48.9. The van der Waals surface area contributed by atoms with Crippen LogP contribution in [0.5, 0.6) is 0 Å². The Morgan fingerprint density at radius 3 is 2.00 bits per heavy atom. The Labute approximate surface area is 147 Å². The number of nitrogens with one attached hydrogen (secondary N) is 1. The zero-order chi connectivity index (χ0) is 19.1. The van der Waals surface area contributed by atoms with Crippen LogP contribution in [0.3, 0.4) is 0 Å². The van der Waals surface area contributed by atoms with Crippen LogP contribution in [0.4, 0.5) is 8.78 Å². The molecule has 0 saturated heterocycles. The number of hydrogen-bond acceptors (Lipinski definition) is 4. The quantitative estimate of drug-likeness (QED) is 0.575. The van der Waals surface area contributed by atoms with E-state index in [2.05, 4.69) is 9.46 Å². The highest BCUT2D eigenvalue weighted by Crippen LogP contribution is 2.59. The minimum absolute atomic E-state index is 0.0206. The molecule has 4 atom stereocenters. The van der Waals surface area contributed by atoms with Gasteiger partial charge in [0.1, 0.15) is 10.3 Å². The Morgan fingerprint density at radius 2 is 1.67 bits per heavy atom. The number of carbonyl (C=O) groups excluding carboxylic acids is 1. The van der Waals surface area contributed by atoms with Gasteiger partial charge in [-0.3, -0.25) is 0 Å². The maximum Gasteiger partial charge on any atom is 0.379 e. The molecule has 1 fully saturated rings. The van der Waals surface area contributed by atoms with Gasteiger partial charge in [0.05, 0.1) is 6.61 Å². The van der Waals surface area contributed by atoms with Crippen molar-refractivity contribution >= 4 is 17.3 Å². The minimum atomic E-state index is -3.77. The first-order valence-corrected chi connectivity index (χ1v) is 9.48.